The number of hydrogen-bond acceptors (Lipinski definition) is 2. The van der Waals surface area contributed by atoms with E-state index in [4.69, 9.17) is 4.74 Å². The average molecular weight is 392 g/mol. The van der Waals surface area contributed by atoms with Crippen molar-refractivity contribution in [1.82, 2.24) is 4.90 Å². The Balaban J connectivity index is 2.35. The highest BCUT2D eigenvalue weighted by Crippen LogP contribution is 2.38. The molecule has 0 bridgehead atoms. The lowest BCUT2D eigenvalue weighted by molar-refractivity contribution is 0.0227. The van der Waals surface area contributed by atoms with Crippen LogP contribution in [0, 0.1) is 5.82 Å². The molecule has 1 aliphatic rings. The lowest BCUT2D eigenvalue weighted by atomic mass is 10.0. The first kappa shape index (κ1) is 17.8. The molecule has 1 fully saturated rings. The summed E-state index contributed by atoms with van der Waals surface area (Å²) < 4.78 is 45.2. The van der Waals surface area contributed by atoms with Gasteiger partial charge < -0.3 is 4.74 Å². The van der Waals surface area contributed by atoms with Gasteiger partial charge in [0.05, 0.1) is 17.1 Å². The largest absolute Gasteiger partial charge is 0.444 e. The van der Waals surface area contributed by atoms with Gasteiger partial charge in [-0.1, -0.05) is 6.07 Å². The zero-order valence-electron chi connectivity index (χ0n) is 13.0. The number of rotatable bonds is 1. The van der Waals surface area contributed by atoms with Crippen LogP contribution < -0.4 is 0 Å². The molecule has 1 aliphatic heterocycles. The Labute approximate surface area is 141 Å². The molecule has 0 aliphatic carbocycles. The number of likely N-dealkylation sites (tertiary alicyclic amines) is 1. The Morgan fingerprint density at radius 1 is 1.35 bits per heavy atom. The van der Waals surface area contributed by atoms with Crippen LogP contribution in [-0.4, -0.2) is 23.1 Å². The second kappa shape index (κ2) is 6.55. The minimum Gasteiger partial charge on any atom is -0.444 e. The molecule has 1 unspecified atom stereocenters. The zero-order chi connectivity index (χ0) is 17.4. The maximum Gasteiger partial charge on any atom is 0.411 e. The Morgan fingerprint density at radius 2 is 2.00 bits per heavy atom. The number of carbonyl (C=O) groups excluding carboxylic acids is 1. The van der Waals surface area contributed by atoms with Crippen molar-refractivity contribution in [3.8, 4) is 0 Å². The van der Waals surface area contributed by atoms with E-state index in [9.17, 15) is 18.0 Å². The van der Waals surface area contributed by atoms with Crippen LogP contribution in [0.4, 0.5) is 18.0 Å². The van der Waals surface area contributed by atoms with E-state index in [1.165, 1.54) is 17.0 Å². The molecule has 3 nitrogen and oxygen atoms in total. The van der Waals surface area contributed by atoms with Gasteiger partial charge in [-0.2, -0.15) is 8.78 Å². The SMILES string of the molecule is CC(C)(C)OC(=O)N1CC(=C(F)F)CC1c1ccc(Br)c(F)c1. The second-order valence-electron chi connectivity index (χ2n) is 6.37. The lowest BCUT2D eigenvalue weighted by Gasteiger charge is -2.28. The van der Waals surface area contributed by atoms with Gasteiger partial charge in [-0.15, -0.1) is 0 Å². The van der Waals surface area contributed by atoms with Crippen LogP contribution in [0.1, 0.15) is 38.8 Å². The van der Waals surface area contributed by atoms with Crippen LogP contribution in [0.15, 0.2) is 34.3 Å². The maximum atomic E-state index is 13.7. The minimum absolute atomic E-state index is 0.0390. The molecule has 1 amide bonds. The maximum absolute atomic E-state index is 13.7. The summed E-state index contributed by atoms with van der Waals surface area (Å²) in [7, 11) is 0. The van der Waals surface area contributed by atoms with Crippen molar-refractivity contribution >= 4 is 22.0 Å². The van der Waals surface area contributed by atoms with Crippen LogP contribution >= 0.6 is 15.9 Å². The topological polar surface area (TPSA) is 29.5 Å². The molecule has 0 aromatic heterocycles. The standard InChI is InChI=1S/C16H17BrF3NO2/c1-16(2,3)23-15(22)21-8-10(14(19)20)7-13(21)9-4-5-11(17)12(18)6-9/h4-6,13H,7-8H2,1-3H3. The molecule has 0 N–H and O–H groups in total. The fraction of sp³-hybridized carbons (Fsp3) is 0.438. The highest BCUT2D eigenvalue weighted by Gasteiger charge is 2.37. The van der Waals surface area contributed by atoms with Gasteiger partial charge in [0.1, 0.15) is 11.4 Å². The van der Waals surface area contributed by atoms with E-state index in [1.807, 2.05) is 0 Å². The average Bonchev–Trinajstić information content (AvgIpc) is 2.85. The number of nitrogens with zero attached hydrogens (tertiary/aromatic N) is 1. The first-order chi connectivity index (χ1) is 10.6. The van der Waals surface area contributed by atoms with Gasteiger partial charge in [0.15, 0.2) is 0 Å². The summed E-state index contributed by atoms with van der Waals surface area (Å²) in [6.45, 7) is 4.87. The van der Waals surface area contributed by atoms with E-state index in [2.05, 4.69) is 15.9 Å². The fourth-order valence-corrected chi connectivity index (χ4v) is 2.64. The predicted octanol–water partition coefficient (Wildman–Crippen LogP) is 5.42. The Bertz CT molecular complexity index is 651. The van der Waals surface area contributed by atoms with Crippen LogP contribution in [0.5, 0.6) is 0 Å². The molecule has 0 radical (unpaired) electrons. The Morgan fingerprint density at radius 3 is 2.52 bits per heavy atom. The molecule has 1 heterocycles. The highest BCUT2D eigenvalue weighted by molar-refractivity contribution is 9.10. The van der Waals surface area contributed by atoms with Gasteiger partial charge in [0, 0.05) is 12.0 Å². The molecule has 2 rings (SSSR count). The Hall–Kier alpha value is -1.50. The summed E-state index contributed by atoms with van der Waals surface area (Å²) in [5, 5.41) is 0. The van der Waals surface area contributed by atoms with E-state index in [1.54, 1.807) is 26.8 Å². The van der Waals surface area contributed by atoms with Crippen molar-refractivity contribution in [3.63, 3.8) is 0 Å². The van der Waals surface area contributed by atoms with E-state index in [-0.39, 0.29) is 23.0 Å². The van der Waals surface area contributed by atoms with Crippen molar-refractivity contribution < 1.29 is 22.7 Å². The fourth-order valence-electron chi connectivity index (χ4n) is 2.39. The molecule has 1 atom stereocenters. The molecule has 23 heavy (non-hydrogen) atoms. The molecular weight excluding hydrogens is 375 g/mol. The predicted molar refractivity (Wildman–Crippen MR) is 83.6 cm³/mol. The molecule has 1 aromatic carbocycles. The zero-order valence-corrected chi connectivity index (χ0v) is 14.6. The normalized spacial score (nSPS) is 18.3. The van der Waals surface area contributed by atoms with Gasteiger partial charge in [-0.25, -0.2) is 9.18 Å². The molecule has 1 aromatic rings. The molecule has 0 spiro atoms. The van der Waals surface area contributed by atoms with E-state index in [0.29, 0.717) is 5.56 Å². The summed E-state index contributed by atoms with van der Waals surface area (Å²) in [4.78, 5) is 13.5. The van der Waals surface area contributed by atoms with Gasteiger partial charge in [-0.3, -0.25) is 4.90 Å². The van der Waals surface area contributed by atoms with Gasteiger partial charge in [0.25, 0.3) is 6.08 Å². The number of halogens is 4. The van der Waals surface area contributed by atoms with Crippen molar-refractivity contribution in [2.45, 2.75) is 38.8 Å². The number of amides is 1. The third-order valence-corrected chi connectivity index (χ3v) is 4.04. The van der Waals surface area contributed by atoms with E-state index in [0.717, 1.165) is 0 Å². The molecule has 1 saturated heterocycles. The first-order valence-electron chi connectivity index (χ1n) is 7.06. The number of hydrogen-bond donors (Lipinski definition) is 0. The van der Waals surface area contributed by atoms with Crippen LogP contribution in [0.25, 0.3) is 0 Å². The second-order valence-corrected chi connectivity index (χ2v) is 7.22. The van der Waals surface area contributed by atoms with Gasteiger partial charge in [-0.05, 0) is 54.4 Å². The number of ether oxygens (including phenoxy) is 1. The molecule has 0 saturated carbocycles. The van der Waals surface area contributed by atoms with Gasteiger partial charge in [0.2, 0.25) is 0 Å². The third kappa shape index (κ3) is 4.28. The highest BCUT2D eigenvalue weighted by atomic mass is 79.9. The molecule has 7 heteroatoms. The van der Waals surface area contributed by atoms with Gasteiger partial charge >= 0.3 is 6.09 Å². The number of carbonyl (C=O) groups is 1. The van der Waals surface area contributed by atoms with Crippen LogP contribution in [0.3, 0.4) is 0 Å². The van der Waals surface area contributed by atoms with Crippen LogP contribution in [0.2, 0.25) is 0 Å². The Kier molecular flexibility index (Phi) is 5.08. The summed E-state index contributed by atoms with van der Waals surface area (Å²) in [5.74, 6) is -0.509. The minimum atomic E-state index is -1.81. The van der Waals surface area contributed by atoms with E-state index >= 15 is 0 Å². The third-order valence-electron chi connectivity index (χ3n) is 3.40. The van der Waals surface area contributed by atoms with Crippen LogP contribution in [-0.2, 0) is 4.74 Å². The molecule has 126 valence electrons. The lowest BCUT2D eigenvalue weighted by Crippen LogP contribution is -2.36. The van der Waals surface area contributed by atoms with Crippen molar-refractivity contribution in [1.29, 1.82) is 0 Å². The van der Waals surface area contributed by atoms with Crippen molar-refractivity contribution in [2.24, 2.45) is 0 Å². The monoisotopic (exact) mass is 391 g/mol. The number of benzene rings is 1. The summed E-state index contributed by atoms with van der Waals surface area (Å²) in [5.41, 5.74) is -0.426. The summed E-state index contributed by atoms with van der Waals surface area (Å²) in [6.07, 6.45) is -2.54. The van der Waals surface area contributed by atoms with E-state index < -0.39 is 29.6 Å². The quantitative estimate of drug-likeness (QED) is 0.639. The summed E-state index contributed by atoms with van der Waals surface area (Å²) in [6, 6.07) is 3.66. The first-order valence-corrected chi connectivity index (χ1v) is 7.85. The van der Waals surface area contributed by atoms with Crippen molar-refractivity contribution in [2.75, 3.05) is 6.54 Å². The summed E-state index contributed by atoms with van der Waals surface area (Å²) >= 11 is 3.05. The van der Waals surface area contributed by atoms with Crippen molar-refractivity contribution in [3.05, 3.63) is 45.7 Å². The molecular formula is C16H17BrF3NO2. The smallest absolute Gasteiger partial charge is 0.411 e.